The van der Waals surface area contributed by atoms with Gasteiger partial charge in [-0.1, -0.05) is 29.8 Å². The van der Waals surface area contributed by atoms with Gasteiger partial charge in [-0.3, -0.25) is 4.79 Å². The number of nitrogen functional groups attached to an aromatic ring is 1. The molecule has 0 aliphatic carbocycles. The fourth-order valence-electron chi connectivity index (χ4n) is 1.21. The summed E-state index contributed by atoms with van der Waals surface area (Å²) < 4.78 is 0.835. The van der Waals surface area contributed by atoms with Gasteiger partial charge in [0, 0.05) is 28.7 Å². The van der Waals surface area contributed by atoms with Crippen molar-refractivity contribution in [1.29, 1.82) is 0 Å². The van der Waals surface area contributed by atoms with E-state index in [9.17, 15) is 4.79 Å². The second-order valence-corrected chi connectivity index (χ2v) is 5.65. The molecule has 0 saturated heterocycles. The zero-order chi connectivity index (χ0) is 13.1. The van der Waals surface area contributed by atoms with E-state index in [4.69, 9.17) is 10.8 Å². The van der Waals surface area contributed by atoms with Crippen LogP contribution in [-0.2, 0) is 0 Å². The van der Waals surface area contributed by atoms with Crippen molar-refractivity contribution in [2.24, 2.45) is 5.41 Å². The van der Waals surface area contributed by atoms with Crippen molar-refractivity contribution in [3.63, 3.8) is 0 Å². The van der Waals surface area contributed by atoms with Crippen molar-refractivity contribution < 1.29 is 9.90 Å². The number of carbonyl (C=O) groups excluding carboxylic acids is 1. The van der Waals surface area contributed by atoms with Crippen molar-refractivity contribution in [3.05, 3.63) is 28.2 Å². The highest BCUT2D eigenvalue weighted by molar-refractivity contribution is 9.10. The highest BCUT2D eigenvalue weighted by atomic mass is 79.9. The maximum Gasteiger partial charge on any atom is 0.253 e. The summed E-state index contributed by atoms with van der Waals surface area (Å²) in [5.74, 6) is -0.225. The van der Waals surface area contributed by atoms with Crippen LogP contribution in [0.15, 0.2) is 22.7 Å². The quantitative estimate of drug-likeness (QED) is 0.742. The molecule has 1 aromatic rings. The van der Waals surface area contributed by atoms with Gasteiger partial charge in [-0.25, -0.2) is 0 Å². The number of aliphatic hydroxyl groups is 1. The maximum atomic E-state index is 11.9. The van der Waals surface area contributed by atoms with Crippen LogP contribution < -0.4 is 11.1 Å². The third-order valence-corrected chi connectivity index (χ3v) is 2.91. The monoisotopic (exact) mass is 300 g/mol. The number of anilines is 1. The number of hydrogen-bond acceptors (Lipinski definition) is 3. The number of aliphatic hydroxyl groups excluding tert-OH is 1. The summed E-state index contributed by atoms with van der Waals surface area (Å²) in [7, 11) is 0. The van der Waals surface area contributed by atoms with Gasteiger partial charge >= 0.3 is 0 Å². The molecule has 1 aromatic carbocycles. The van der Waals surface area contributed by atoms with Gasteiger partial charge in [0.25, 0.3) is 5.91 Å². The van der Waals surface area contributed by atoms with Gasteiger partial charge in [-0.2, -0.15) is 0 Å². The molecular weight excluding hydrogens is 284 g/mol. The minimum absolute atomic E-state index is 0.0170. The highest BCUT2D eigenvalue weighted by Gasteiger charge is 2.18. The maximum absolute atomic E-state index is 11.9. The number of amides is 1. The van der Waals surface area contributed by atoms with E-state index in [2.05, 4.69) is 21.2 Å². The van der Waals surface area contributed by atoms with Gasteiger partial charge in [0.1, 0.15) is 0 Å². The van der Waals surface area contributed by atoms with Crippen molar-refractivity contribution in [1.82, 2.24) is 5.32 Å². The predicted molar refractivity (Wildman–Crippen MR) is 71.8 cm³/mol. The summed E-state index contributed by atoms with van der Waals surface area (Å²) in [6, 6.07) is 5.12. The molecule has 1 rings (SSSR count). The van der Waals surface area contributed by atoms with Gasteiger partial charge in [-0.05, 0) is 18.2 Å². The van der Waals surface area contributed by atoms with Crippen molar-refractivity contribution in [2.45, 2.75) is 13.8 Å². The third kappa shape index (κ3) is 4.02. The van der Waals surface area contributed by atoms with E-state index in [1.165, 1.54) is 0 Å². The number of halogens is 1. The van der Waals surface area contributed by atoms with Gasteiger partial charge < -0.3 is 16.2 Å². The number of nitrogens with one attached hydrogen (secondary N) is 1. The van der Waals surface area contributed by atoms with E-state index in [1.807, 2.05) is 13.8 Å². The van der Waals surface area contributed by atoms with Crippen LogP contribution in [0.4, 0.5) is 5.69 Å². The molecule has 4 N–H and O–H groups in total. The lowest BCUT2D eigenvalue weighted by atomic mass is 9.95. The van der Waals surface area contributed by atoms with Crippen molar-refractivity contribution in [2.75, 3.05) is 18.9 Å². The summed E-state index contributed by atoms with van der Waals surface area (Å²) in [4.78, 5) is 11.9. The summed E-state index contributed by atoms with van der Waals surface area (Å²) in [5.41, 5.74) is 6.30. The molecule has 0 saturated carbocycles. The van der Waals surface area contributed by atoms with Gasteiger partial charge in [0.15, 0.2) is 0 Å². The Labute approximate surface area is 109 Å². The molecule has 0 aliphatic heterocycles. The summed E-state index contributed by atoms with van der Waals surface area (Å²) in [6.07, 6.45) is 0. The normalized spacial score (nSPS) is 11.3. The van der Waals surface area contributed by atoms with Gasteiger partial charge in [-0.15, -0.1) is 0 Å². The molecule has 0 heterocycles. The molecule has 0 fully saturated rings. The Kier molecular flexibility index (Phi) is 4.54. The molecule has 0 aromatic heterocycles. The van der Waals surface area contributed by atoms with E-state index in [1.54, 1.807) is 18.2 Å². The van der Waals surface area contributed by atoms with Crippen LogP contribution in [0.3, 0.4) is 0 Å². The molecule has 0 atom stereocenters. The van der Waals surface area contributed by atoms with Crippen LogP contribution in [-0.4, -0.2) is 24.2 Å². The Morgan fingerprint density at radius 3 is 2.71 bits per heavy atom. The SMILES string of the molecule is CC(C)(CO)CNC(=O)c1ccc(Br)cc1N. The van der Waals surface area contributed by atoms with Gasteiger partial charge in [0.05, 0.1) is 5.56 Å². The van der Waals surface area contributed by atoms with Crippen LogP contribution in [0.1, 0.15) is 24.2 Å². The molecule has 4 nitrogen and oxygen atoms in total. The smallest absolute Gasteiger partial charge is 0.253 e. The minimum atomic E-state index is -0.334. The van der Waals surface area contributed by atoms with Crippen LogP contribution in [0.5, 0.6) is 0 Å². The Morgan fingerprint density at radius 2 is 2.18 bits per heavy atom. The van der Waals surface area contributed by atoms with Crippen LogP contribution in [0, 0.1) is 5.41 Å². The number of nitrogens with two attached hydrogens (primary N) is 1. The molecule has 94 valence electrons. The number of hydrogen-bond donors (Lipinski definition) is 3. The van der Waals surface area contributed by atoms with Crippen LogP contribution in [0.25, 0.3) is 0 Å². The lowest BCUT2D eigenvalue weighted by molar-refractivity contribution is 0.0912. The summed E-state index contributed by atoms with van der Waals surface area (Å²) >= 11 is 3.28. The minimum Gasteiger partial charge on any atom is -0.398 e. The van der Waals surface area contributed by atoms with E-state index < -0.39 is 0 Å². The first kappa shape index (κ1) is 14.0. The molecule has 0 aliphatic rings. The molecule has 17 heavy (non-hydrogen) atoms. The first-order valence-corrected chi connectivity index (χ1v) is 6.09. The van der Waals surface area contributed by atoms with Crippen LogP contribution in [0.2, 0.25) is 0 Å². The second kappa shape index (κ2) is 5.51. The molecule has 0 radical (unpaired) electrons. The number of rotatable bonds is 4. The molecule has 1 amide bonds. The Hall–Kier alpha value is -1.07. The zero-order valence-electron chi connectivity index (χ0n) is 9.96. The fraction of sp³-hybridized carbons (Fsp3) is 0.417. The largest absolute Gasteiger partial charge is 0.398 e. The first-order valence-electron chi connectivity index (χ1n) is 5.30. The lowest BCUT2D eigenvalue weighted by Gasteiger charge is -2.22. The first-order chi connectivity index (χ1) is 7.85. The topological polar surface area (TPSA) is 75.3 Å². The second-order valence-electron chi connectivity index (χ2n) is 4.74. The molecule has 0 unspecified atom stereocenters. The Morgan fingerprint density at radius 1 is 1.53 bits per heavy atom. The van der Waals surface area contributed by atoms with E-state index in [-0.39, 0.29) is 17.9 Å². The molecule has 0 bridgehead atoms. The van der Waals surface area contributed by atoms with E-state index in [0.29, 0.717) is 17.8 Å². The number of benzene rings is 1. The summed E-state index contributed by atoms with van der Waals surface area (Å²) in [5, 5.41) is 11.8. The number of carbonyl (C=O) groups is 1. The van der Waals surface area contributed by atoms with E-state index in [0.717, 1.165) is 4.47 Å². The average molecular weight is 301 g/mol. The van der Waals surface area contributed by atoms with E-state index >= 15 is 0 Å². The van der Waals surface area contributed by atoms with Gasteiger partial charge in [0.2, 0.25) is 0 Å². The fourth-order valence-corrected chi connectivity index (χ4v) is 1.59. The Bertz CT molecular complexity index is 419. The standard InChI is InChI=1S/C12H17BrN2O2/c1-12(2,7-16)6-15-11(17)9-4-3-8(13)5-10(9)14/h3-5,16H,6-7,14H2,1-2H3,(H,15,17). The molecular formula is C12H17BrN2O2. The Balaban J connectivity index is 2.71. The predicted octanol–water partition coefficient (Wildman–Crippen LogP) is 1.78. The van der Waals surface area contributed by atoms with Crippen molar-refractivity contribution >= 4 is 27.5 Å². The lowest BCUT2D eigenvalue weighted by Crippen LogP contribution is -2.36. The van der Waals surface area contributed by atoms with Crippen LogP contribution >= 0.6 is 15.9 Å². The van der Waals surface area contributed by atoms with Crippen molar-refractivity contribution in [3.8, 4) is 0 Å². The summed E-state index contributed by atoms with van der Waals surface area (Å²) in [6.45, 7) is 4.16. The average Bonchev–Trinajstić information content (AvgIpc) is 2.26. The highest BCUT2D eigenvalue weighted by Crippen LogP contribution is 2.19. The molecule has 5 heteroatoms. The zero-order valence-corrected chi connectivity index (χ0v) is 11.5. The third-order valence-electron chi connectivity index (χ3n) is 2.41. The molecule has 0 spiro atoms.